The number of rotatable bonds is 4. The van der Waals surface area contributed by atoms with Crippen molar-refractivity contribution in [2.24, 2.45) is 11.7 Å². The molecule has 1 saturated heterocycles. The molecule has 2 saturated carbocycles. The molecule has 0 bridgehead atoms. The van der Waals surface area contributed by atoms with Gasteiger partial charge in [-0.05, 0) is 44.1 Å². The van der Waals surface area contributed by atoms with Crippen LogP contribution in [-0.4, -0.2) is 33.8 Å². The topological polar surface area (TPSA) is 76.3 Å². The van der Waals surface area contributed by atoms with Crippen LogP contribution in [0.3, 0.4) is 0 Å². The molecule has 2 amide bonds. The zero-order valence-electron chi connectivity index (χ0n) is 14.6. The molecule has 2 heterocycles. The minimum Gasteiger partial charge on any atom is -0.368 e. The van der Waals surface area contributed by atoms with Crippen LogP contribution in [0.4, 0.5) is 0 Å². The number of hydrogen-bond donors (Lipinski definition) is 1. The van der Waals surface area contributed by atoms with Gasteiger partial charge in [0.05, 0.1) is 9.88 Å². The van der Waals surface area contributed by atoms with E-state index in [2.05, 4.69) is 12.1 Å². The van der Waals surface area contributed by atoms with E-state index in [4.69, 9.17) is 10.7 Å². The molecule has 2 aromatic rings. The highest BCUT2D eigenvalue weighted by Gasteiger charge is 2.56. The predicted molar refractivity (Wildman–Crippen MR) is 99.9 cm³/mol. The number of carbonyl (C=O) groups is 2. The van der Waals surface area contributed by atoms with E-state index < -0.39 is 11.9 Å². The molecule has 3 aliphatic rings. The van der Waals surface area contributed by atoms with Crippen LogP contribution in [0.5, 0.6) is 0 Å². The zero-order valence-corrected chi connectivity index (χ0v) is 15.5. The molecule has 134 valence electrons. The van der Waals surface area contributed by atoms with Gasteiger partial charge in [0.25, 0.3) is 5.91 Å². The van der Waals surface area contributed by atoms with Crippen molar-refractivity contribution in [2.45, 2.75) is 50.6 Å². The van der Waals surface area contributed by atoms with Gasteiger partial charge in [-0.25, -0.2) is 4.98 Å². The van der Waals surface area contributed by atoms with Crippen molar-refractivity contribution in [3.05, 3.63) is 40.5 Å². The van der Waals surface area contributed by atoms with Gasteiger partial charge >= 0.3 is 0 Å². The highest BCUT2D eigenvalue weighted by atomic mass is 32.1. The maximum atomic E-state index is 13.4. The zero-order chi connectivity index (χ0) is 18.0. The van der Waals surface area contributed by atoms with Gasteiger partial charge in [-0.2, -0.15) is 0 Å². The van der Waals surface area contributed by atoms with Gasteiger partial charge in [0.1, 0.15) is 11.7 Å². The predicted octanol–water partition coefficient (Wildman–Crippen LogP) is 3.08. The first-order chi connectivity index (χ1) is 12.5. The maximum absolute atomic E-state index is 13.4. The molecule has 0 unspecified atom stereocenters. The van der Waals surface area contributed by atoms with E-state index in [0.29, 0.717) is 24.0 Å². The van der Waals surface area contributed by atoms with Crippen LogP contribution >= 0.6 is 11.3 Å². The summed E-state index contributed by atoms with van der Waals surface area (Å²) in [7, 11) is 0. The molecule has 5 nitrogen and oxygen atoms in total. The Balaban J connectivity index is 1.56. The largest absolute Gasteiger partial charge is 0.368 e. The number of carbonyl (C=O) groups excluding carboxylic acids is 2. The second kappa shape index (κ2) is 5.64. The molecule has 6 heteroatoms. The Morgan fingerprint density at radius 1 is 1.19 bits per heavy atom. The Bertz CT molecular complexity index is 900. The molecule has 5 rings (SSSR count). The minimum atomic E-state index is -0.483. The number of benzene rings is 1. The van der Waals surface area contributed by atoms with Gasteiger partial charge < -0.3 is 10.6 Å². The van der Waals surface area contributed by atoms with Gasteiger partial charge in [0.2, 0.25) is 5.91 Å². The first kappa shape index (κ1) is 16.0. The number of aryl methyl sites for hydroxylation is 1. The molecule has 1 aromatic heterocycles. The van der Waals surface area contributed by atoms with E-state index >= 15 is 0 Å². The van der Waals surface area contributed by atoms with Crippen LogP contribution in [0.1, 0.15) is 52.7 Å². The van der Waals surface area contributed by atoms with Crippen LogP contribution in [-0.2, 0) is 4.79 Å². The number of hydrogen-bond acceptors (Lipinski definition) is 4. The fourth-order valence-electron chi connectivity index (χ4n) is 4.01. The summed E-state index contributed by atoms with van der Waals surface area (Å²) in [5, 5.41) is 1.05. The Labute approximate surface area is 156 Å². The van der Waals surface area contributed by atoms with Crippen molar-refractivity contribution in [1.82, 2.24) is 9.88 Å². The third-order valence-electron chi connectivity index (χ3n) is 5.75. The number of amides is 2. The number of fused-ring (bicyclic) bond motifs is 1. The van der Waals surface area contributed by atoms with E-state index in [9.17, 15) is 9.59 Å². The van der Waals surface area contributed by atoms with Crippen molar-refractivity contribution in [3.63, 3.8) is 0 Å². The summed E-state index contributed by atoms with van der Waals surface area (Å²) in [6, 6.07) is 7.88. The highest BCUT2D eigenvalue weighted by Crippen LogP contribution is 2.50. The van der Waals surface area contributed by atoms with Crippen molar-refractivity contribution in [3.8, 4) is 10.4 Å². The average molecular weight is 367 g/mol. The number of likely N-dealkylation sites (tertiary alicyclic amines) is 1. The monoisotopic (exact) mass is 367 g/mol. The van der Waals surface area contributed by atoms with E-state index in [0.717, 1.165) is 34.7 Å². The van der Waals surface area contributed by atoms with Crippen LogP contribution in [0.25, 0.3) is 10.4 Å². The summed E-state index contributed by atoms with van der Waals surface area (Å²) in [5.74, 6) is 0.392. The summed E-state index contributed by atoms with van der Waals surface area (Å²) in [4.78, 5) is 32.6. The number of primary amides is 1. The Morgan fingerprint density at radius 2 is 1.92 bits per heavy atom. The number of aromatic nitrogens is 1. The summed E-state index contributed by atoms with van der Waals surface area (Å²) in [6.07, 6.45) is 3.97. The van der Waals surface area contributed by atoms with Gasteiger partial charge in [-0.15, -0.1) is 11.3 Å². The van der Waals surface area contributed by atoms with Crippen molar-refractivity contribution in [1.29, 1.82) is 0 Å². The molecule has 0 spiro atoms. The van der Waals surface area contributed by atoms with Gasteiger partial charge in [0, 0.05) is 12.0 Å². The van der Waals surface area contributed by atoms with E-state index in [1.54, 1.807) is 16.2 Å². The molecule has 3 atom stereocenters. The summed E-state index contributed by atoms with van der Waals surface area (Å²) >= 11 is 1.63. The second-order valence-corrected chi connectivity index (χ2v) is 8.83. The molecule has 2 N–H and O–H groups in total. The van der Waals surface area contributed by atoms with Gasteiger partial charge in [0.15, 0.2) is 0 Å². The van der Waals surface area contributed by atoms with E-state index in [1.807, 2.05) is 19.1 Å². The lowest BCUT2D eigenvalue weighted by Gasteiger charge is -2.24. The number of thiazole rings is 1. The van der Waals surface area contributed by atoms with E-state index in [1.165, 1.54) is 5.56 Å². The first-order valence-electron chi connectivity index (χ1n) is 9.22. The van der Waals surface area contributed by atoms with Gasteiger partial charge in [-0.3, -0.25) is 9.59 Å². The summed E-state index contributed by atoms with van der Waals surface area (Å²) in [6.45, 7) is 2.05. The first-order valence-corrected chi connectivity index (χ1v) is 10.0. The molecule has 26 heavy (non-hydrogen) atoms. The third-order valence-corrected chi connectivity index (χ3v) is 7.02. The fraction of sp³-hybridized carbons (Fsp3) is 0.450. The normalized spacial score (nSPS) is 26.7. The molecule has 3 fully saturated rings. The number of nitrogens with two attached hydrogens (primary N) is 1. The lowest BCUT2D eigenvalue weighted by molar-refractivity contribution is -0.122. The lowest BCUT2D eigenvalue weighted by Crippen LogP contribution is -2.46. The SMILES string of the molecule is Cc1ccc(-c2sc(C3CC3)nc2C(=O)N2[C@H](C(N)=O)C[C@H]3C[C@@H]32)cc1. The molecule has 1 aliphatic heterocycles. The third kappa shape index (κ3) is 2.55. The molecule has 2 aliphatic carbocycles. The second-order valence-electron chi connectivity index (χ2n) is 7.80. The van der Waals surface area contributed by atoms with Crippen molar-refractivity contribution in [2.75, 3.05) is 0 Å². The molecule has 1 aromatic carbocycles. The summed E-state index contributed by atoms with van der Waals surface area (Å²) < 4.78 is 0. The van der Waals surface area contributed by atoms with Crippen LogP contribution < -0.4 is 5.73 Å². The minimum absolute atomic E-state index is 0.127. The standard InChI is InChI=1S/C20H21N3O2S/c1-10-2-4-11(5-3-10)17-16(22-19(26-17)12-6-7-12)20(25)23-14-8-13(14)9-15(23)18(21)24/h2-5,12-15H,6-9H2,1H3,(H2,21,24)/t13-,14+,15+/m1/s1. The Morgan fingerprint density at radius 3 is 2.58 bits per heavy atom. The van der Waals surface area contributed by atoms with Crippen molar-refractivity contribution >= 4 is 23.2 Å². The molecular formula is C20H21N3O2S. The summed E-state index contributed by atoms with van der Waals surface area (Å²) in [5.41, 5.74) is 8.27. The smallest absolute Gasteiger partial charge is 0.274 e. The number of nitrogens with zero attached hydrogens (tertiary/aromatic N) is 2. The van der Waals surface area contributed by atoms with Crippen molar-refractivity contribution < 1.29 is 9.59 Å². The highest BCUT2D eigenvalue weighted by molar-refractivity contribution is 7.15. The maximum Gasteiger partial charge on any atom is 0.274 e. The Hall–Kier alpha value is -2.21. The quantitative estimate of drug-likeness (QED) is 0.902. The van der Waals surface area contributed by atoms with E-state index in [-0.39, 0.29) is 11.9 Å². The fourth-order valence-corrected chi connectivity index (χ4v) is 5.24. The molecular weight excluding hydrogens is 346 g/mol. The van der Waals surface area contributed by atoms with Crippen LogP contribution in [0, 0.1) is 12.8 Å². The van der Waals surface area contributed by atoms with Gasteiger partial charge in [-0.1, -0.05) is 29.8 Å². The lowest BCUT2D eigenvalue weighted by atomic mass is 10.1. The van der Waals surface area contributed by atoms with Crippen LogP contribution in [0.2, 0.25) is 0 Å². The Kier molecular flexibility index (Phi) is 3.47. The average Bonchev–Trinajstić information content (AvgIpc) is 3.54. The molecule has 0 radical (unpaired) electrons. The van der Waals surface area contributed by atoms with Crippen LogP contribution in [0.15, 0.2) is 24.3 Å². The number of piperidine rings is 1.